The molecule has 0 radical (unpaired) electrons. The molecule has 0 unspecified atom stereocenters. The lowest BCUT2D eigenvalue weighted by Crippen LogP contribution is -2.28. The minimum absolute atomic E-state index is 0.497. The maximum atomic E-state index is 6.07. The zero-order chi connectivity index (χ0) is 15.9. The monoisotopic (exact) mass is 311 g/mol. The fourth-order valence-electron chi connectivity index (χ4n) is 3.12. The van der Waals surface area contributed by atoms with Gasteiger partial charge in [0, 0.05) is 6.04 Å². The average molecular weight is 311 g/mol. The van der Waals surface area contributed by atoms with Crippen molar-refractivity contribution in [3.05, 3.63) is 59.7 Å². The first-order valence-corrected chi connectivity index (χ1v) is 8.43. The smallest absolute Gasteiger partial charge is 0.122 e. The van der Waals surface area contributed by atoms with Crippen LogP contribution >= 0.6 is 0 Å². The summed E-state index contributed by atoms with van der Waals surface area (Å²) >= 11 is 0. The first-order chi connectivity index (χ1) is 11.4. The highest BCUT2D eigenvalue weighted by Gasteiger charge is 2.15. The summed E-state index contributed by atoms with van der Waals surface area (Å²) in [5.41, 5.74) is 2.50. The first-order valence-electron chi connectivity index (χ1n) is 8.43. The van der Waals surface area contributed by atoms with Gasteiger partial charge in [-0.2, -0.15) is 0 Å². The van der Waals surface area contributed by atoms with Gasteiger partial charge in [0.05, 0.1) is 7.11 Å². The number of para-hydroxylation sites is 2. The van der Waals surface area contributed by atoms with E-state index in [1.807, 2.05) is 18.2 Å². The number of nitrogens with one attached hydrogen (secondary N) is 1. The molecule has 3 rings (SSSR count). The van der Waals surface area contributed by atoms with Gasteiger partial charge < -0.3 is 14.8 Å². The van der Waals surface area contributed by atoms with Gasteiger partial charge in [0.2, 0.25) is 0 Å². The summed E-state index contributed by atoms with van der Waals surface area (Å²) in [7, 11) is 1.73. The lowest BCUT2D eigenvalue weighted by atomic mass is 10.0. The Hall–Kier alpha value is -2.00. The van der Waals surface area contributed by atoms with E-state index < -0.39 is 0 Å². The van der Waals surface area contributed by atoms with Crippen molar-refractivity contribution in [2.24, 2.45) is 0 Å². The third-order valence-electron chi connectivity index (χ3n) is 4.43. The minimum atomic E-state index is 0.497. The Morgan fingerprint density at radius 1 is 0.957 bits per heavy atom. The zero-order valence-corrected chi connectivity index (χ0v) is 13.8. The molecule has 1 heterocycles. The molecular formula is C20H25NO2. The molecule has 1 aliphatic heterocycles. The number of ether oxygens (including phenoxy) is 2. The summed E-state index contributed by atoms with van der Waals surface area (Å²) in [5, 5.41) is 3.48. The highest BCUT2D eigenvalue weighted by molar-refractivity contribution is 5.37. The molecule has 23 heavy (non-hydrogen) atoms. The van der Waals surface area contributed by atoms with Gasteiger partial charge in [-0.15, -0.1) is 0 Å². The highest BCUT2D eigenvalue weighted by atomic mass is 16.5. The first kappa shape index (κ1) is 15.9. The Morgan fingerprint density at radius 3 is 2.26 bits per heavy atom. The lowest BCUT2D eigenvalue weighted by molar-refractivity contribution is 0.274. The third kappa shape index (κ3) is 4.26. The number of hydrogen-bond acceptors (Lipinski definition) is 3. The predicted molar refractivity (Wildman–Crippen MR) is 93.4 cm³/mol. The standard InChI is InChI=1S/C20H25NO2/c1-22-19-10-4-2-7-16(19)12-13-17-8-3-5-11-20(17)23-15-18-9-6-14-21-18/h2-5,7-8,10-11,18,21H,6,9,12-15H2,1H3/t18-/m0/s1. The molecule has 1 fully saturated rings. The van der Waals surface area contributed by atoms with Crippen LogP contribution in [-0.4, -0.2) is 26.3 Å². The summed E-state index contributed by atoms with van der Waals surface area (Å²) in [4.78, 5) is 0. The summed E-state index contributed by atoms with van der Waals surface area (Å²) in [6.45, 7) is 1.87. The molecule has 2 aromatic rings. The van der Waals surface area contributed by atoms with Gasteiger partial charge in [-0.3, -0.25) is 0 Å². The average Bonchev–Trinajstić information content (AvgIpc) is 3.12. The largest absolute Gasteiger partial charge is 0.496 e. The van der Waals surface area contributed by atoms with Crippen LogP contribution in [0.1, 0.15) is 24.0 Å². The normalized spacial score (nSPS) is 17.2. The molecule has 0 bridgehead atoms. The van der Waals surface area contributed by atoms with E-state index in [9.17, 15) is 0 Å². The van der Waals surface area contributed by atoms with Crippen LogP contribution in [-0.2, 0) is 12.8 Å². The zero-order valence-electron chi connectivity index (χ0n) is 13.8. The van der Waals surface area contributed by atoms with Crippen molar-refractivity contribution < 1.29 is 9.47 Å². The van der Waals surface area contributed by atoms with E-state index in [1.165, 1.54) is 24.0 Å². The van der Waals surface area contributed by atoms with Crippen LogP contribution in [0.25, 0.3) is 0 Å². The molecule has 0 aromatic heterocycles. The molecule has 0 saturated carbocycles. The molecule has 3 nitrogen and oxygen atoms in total. The summed E-state index contributed by atoms with van der Waals surface area (Å²) in [5.74, 6) is 1.97. The third-order valence-corrected chi connectivity index (χ3v) is 4.43. The maximum Gasteiger partial charge on any atom is 0.122 e. The van der Waals surface area contributed by atoms with Crippen molar-refractivity contribution >= 4 is 0 Å². The number of methoxy groups -OCH3 is 1. The van der Waals surface area contributed by atoms with Gasteiger partial charge in [0.1, 0.15) is 18.1 Å². The van der Waals surface area contributed by atoms with Crippen molar-refractivity contribution in [2.75, 3.05) is 20.3 Å². The van der Waals surface area contributed by atoms with E-state index in [0.717, 1.165) is 37.5 Å². The second-order valence-electron chi connectivity index (χ2n) is 6.02. The molecule has 122 valence electrons. The van der Waals surface area contributed by atoms with Gasteiger partial charge in [-0.25, -0.2) is 0 Å². The molecule has 0 amide bonds. The summed E-state index contributed by atoms with van der Waals surface area (Å²) < 4.78 is 11.5. The lowest BCUT2D eigenvalue weighted by Gasteiger charge is -2.15. The van der Waals surface area contributed by atoms with Crippen LogP contribution in [0.4, 0.5) is 0 Å². The van der Waals surface area contributed by atoms with E-state index in [0.29, 0.717) is 6.04 Å². The molecule has 2 aromatic carbocycles. The van der Waals surface area contributed by atoms with E-state index in [2.05, 4.69) is 35.6 Å². The second kappa shape index (κ2) is 8.02. The number of benzene rings is 2. The van der Waals surface area contributed by atoms with Crippen LogP contribution < -0.4 is 14.8 Å². The van der Waals surface area contributed by atoms with Gasteiger partial charge in [-0.1, -0.05) is 36.4 Å². The van der Waals surface area contributed by atoms with Crippen molar-refractivity contribution in [1.29, 1.82) is 0 Å². The molecule has 0 aliphatic carbocycles. The Labute approximate surface area is 138 Å². The summed E-state index contributed by atoms with van der Waals surface area (Å²) in [6, 6.07) is 17.1. The summed E-state index contributed by atoms with van der Waals surface area (Å²) in [6.07, 6.45) is 4.37. The molecule has 1 N–H and O–H groups in total. The van der Waals surface area contributed by atoms with Gasteiger partial charge in [-0.05, 0) is 55.5 Å². The Balaban J connectivity index is 1.63. The Bertz CT molecular complexity index is 621. The van der Waals surface area contributed by atoms with Crippen molar-refractivity contribution in [2.45, 2.75) is 31.7 Å². The molecule has 0 spiro atoms. The van der Waals surface area contributed by atoms with Crippen LogP contribution in [0.5, 0.6) is 11.5 Å². The van der Waals surface area contributed by atoms with Gasteiger partial charge >= 0.3 is 0 Å². The fourth-order valence-corrected chi connectivity index (χ4v) is 3.12. The highest BCUT2D eigenvalue weighted by Crippen LogP contribution is 2.24. The molecule has 1 saturated heterocycles. The molecular weight excluding hydrogens is 286 g/mol. The van der Waals surface area contributed by atoms with Crippen molar-refractivity contribution in [3.8, 4) is 11.5 Å². The van der Waals surface area contributed by atoms with E-state index in [-0.39, 0.29) is 0 Å². The van der Waals surface area contributed by atoms with Crippen molar-refractivity contribution in [1.82, 2.24) is 5.32 Å². The number of hydrogen-bond donors (Lipinski definition) is 1. The molecule has 1 atom stereocenters. The van der Waals surface area contributed by atoms with E-state index in [4.69, 9.17) is 9.47 Å². The SMILES string of the molecule is COc1ccccc1CCc1ccccc1OC[C@@H]1CCCN1. The van der Waals surface area contributed by atoms with Crippen LogP contribution in [0.3, 0.4) is 0 Å². The van der Waals surface area contributed by atoms with E-state index in [1.54, 1.807) is 7.11 Å². The van der Waals surface area contributed by atoms with Crippen LogP contribution in [0.2, 0.25) is 0 Å². The number of rotatable bonds is 7. The second-order valence-corrected chi connectivity index (χ2v) is 6.02. The Morgan fingerprint density at radius 2 is 1.61 bits per heavy atom. The van der Waals surface area contributed by atoms with Crippen molar-refractivity contribution in [3.63, 3.8) is 0 Å². The molecule has 3 heteroatoms. The topological polar surface area (TPSA) is 30.5 Å². The Kier molecular flexibility index (Phi) is 5.54. The minimum Gasteiger partial charge on any atom is -0.496 e. The van der Waals surface area contributed by atoms with Crippen LogP contribution in [0.15, 0.2) is 48.5 Å². The van der Waals surface area contributed by atoms with Crippen LogP contribution in [0, 0.1) is 0 Å². The van der Waals surface area contributed by atoms with Gasteiger partial charge in [0.15, 0.2) is 0 Å². The quantitative estimate of drug-likeness (QED) is 0.847. The maximum absolute atomic E-state index is 6.07. The molecule has 1 aliphatic rings. The van der Waals surface area contributed by atoms with E-state index >= 15 is 0 Å². The van der Waals surface area contributed by atoms with Gasteiger partial charge in [0.25, 0.3) is 0 Å². The fraction of sp³-hybridized carbons (Fsp3) is 0.400. The predicted octanol–water partition coefficient (Wildman–Crippen LogP) is 3.61. The number of aryl methyl sites for hydroxylation is 2.